The van der Waals surface area contributed by atoms with Gasteiger partial charge in [-0.1, -0.05) is 39.8 Å². The van der Waals surface area contributed by atoms with Gasteiger partial charge in [-0.05, 0) is 43.1 Å². The van der Waals surface area contributed by atoms with Crippen molar-refractivity contribution in [2.45, 2.75) is 29.5 Å². The third-order valence-corrected chi connectivity index (χ3v) is 5.31. The van der Waals surface area contributed by atoms with Gasteiger partial charge in [-0.15, -0.1) is 0 Å². The second kappa shape index (κ2) is 6.14. The van der Waals surface area contributed by atoms with Gasteiger partial charge in [0.1, 0.15) is 5.82 Å². The van der Waals surface area contributed by atoms with Crippen LogP contribution < -0.4 is 5.73 Å². The van der Waals surface area contributed by atoms with Crippen LogP contribution in [0.1, 0.15) is 23.6 Å². The van der Waals surface area contributed by atoms with Gasteiger partial charge in [0.25, 0.3) is 0 Å². The van der Waals surface area contributed by atoms with Crippen LogP contribution in [0.3, 0.4) is 0 Å². The molecule has 0 saturated carbocycles. The summed E-state index contributed by atoms with van der Waals surface area (Å²) in [5.41, 5.74) is 7.30. The molecule has 1 heterocycles. The first-order valence-corrected chi connectivity index (χ1v) is 7.99. The Morgan fingerprint density at radius 3 is 2.50 bits per heavy atom. The summed E-state index contributed by atoms with van der Waals surface area (Å²) in [6.07, 6.45) is 0. The lowest BCUT2D eigenvalue weighted by Crippen LogP contribution is -2.22. The predicted octanol–water partition coefficient (Wildman–Crippen LogP) is 3.79. The molecule has 0 saturated heterocycles. The van der Waals surface area contributed by atoms with Crippen molar-refractivity contribution in [3.05, 3.63) is 40.1 Å². The van der Waals surface area contributed by atoms with Crippen molar-refractivity contribution < 1.29 is 0 Å². The molecule has 2 N–H and O–H groups in total. The number of hydrogen-bond donors (Lipinski definition) is 1. The van der Waals surface area contributed by atoms with Crippen molar-refractivity contribution >= 4 is 39.2 Å². The summed E-state index contributed by atoms with van der Waals surface area (Å²) in [5.74, 6) is 0.821. The van der Waals surface area contributed by atoms with Gasteiger partial charge in [-0.25, -0.2) is 4.98 Å². The van der Waals surface area contributed by atoms with E-state index in [0.29, 0.717) is 0 Å². The molecular weight excluding hydrogens is 330 g/mol. The molecule has 0 aliphatic heterocycles. The maximum Gasteiger partial charge on any atom is 0.170 e. The highest BCUT2D eigenvalue weighted by Gasteiger charge is 2.19. The number of halogens is 1. The van der Waals surface area contributed by atoms with Gasteiger partial charge in [0.05, 0.1) is 5.25 Å². The van der Waals surface area contributed by atoms with Gasteiger partial charge in [0.2, 0.25) is 0 Å². The summed E-state index contributed by atoms with van der Waals surface area (Å²) < 4.78 is 6.24. The zero-order valence-corrected chi connectivity index (χ0v) is 13.3. The molecule has 2 atom stereocenters. The molecule has 1 aromatic heterocycles. The van der Waals surface area contributed by atoms with Crippen molar-refractivity contribution in [3.8, 4) is 0 Å². The molecule has 0 radical (unpaired) electrons. The Kier molecular flexibility index (Phi) is 4.77. The largest absolute Gasteiger partial charge is 0.327 e. The summed E-state index contributed by atoms with van der Waals surface area (Å²) in [6, 6.07) is 8.33. The number of nitrogens with two attached hydrogens (primary N) is 1. The van der Waals surface area contributed by atoms with Crippen molar-refractivity contribution in [1.82, 2.24) is 9.36 Å². The van der Waals surface area contributed by atoms with E-state index in [-0.39, 0.29) is 11.3 Å². The van der Waals surface area contributed by atoms with Crippen molar-refractivity contribution in [1.29, 1.82) is 0 Å². The normalized spacial score (nSPS) is 14.4. The molecule has 0 bridgehead atoms. The van der Waals surface area contributed by atoms with E-state index in [2.05, 4.69) is 37.4 Å². The number of nitrogens with zero attached hydrogens (tertiary/aromatic N) is 2. The van der Waals surface area contributed by atoms with E-state index in [1.165, 1.54) is 17.1 Å². The van der Waals surface area contributed by atoms with E-state index in [9.17, 15) is 0 Å². The highest BCUT2D eigenvalue weighted by atomic mass is 79.9. The molecule has 96 valence electrons. The quantitative estimate of drug-likeness (QED) is 0.858. The fraction of sp³-hybridized carbons (Fsp3) is 0.333. The first kappa shape index (κ1) is 14.0. The highest BCUT2D eigenvalue weighted by Crippen LogP contribution is 2.38. The molecular formula is C12H14BrN3S2. The average molecular weight is 344 g/mol. The lowest BCUT2D eigenvalue weighted by Gasteiger charge is -2.19. The van der Waals surface area contributed by atoms with Crippen LogP contribution in [0.15, 0.2) is 33.1 Å². The first-order valence-electron chi connectivity index (χ1n) is 5.54. The van der Waals surface area contributed by atoms with Gasteiger partial charge < -0.3 is 5.73 Å². The summed E-state index contributed by atoms with van der Waals surface area (Å²) >= 11 is 6.55. The van der Waals surface area contributed by atoms with Crippen molar-refractivity contribution in [2.24, 2.45) is 5.73 Å². The zero-order chi connectivity index (χ0) is 13.1. The lowest BCUT2D eigenvalue weighted by atomic mass is 10.1. The molecule has 3 nitrogen and oxygen atoms in total. The Balaban J connectivity index is 2.20. The summed E-state index contributed by atoms with van der Waals surface area (Å²) in [4.78, 5) is 4.38. The molecule has 2 unspecified atom stereocenters. The molecule has 0 spiro atoms. The Morgan fingerprint density at radius 1 is 1.33 bits per heavy atom. The summed E-state index contributed by atoms with van der Waals surface area (Å²) in [6.45, 7) is 3.93. The van der Waals surface area contributed by atoms with Crippen LogP contribution in [0.2, 0.25) is 0 Å². The number of thioether (sulfide) groups is 1. The monoisotopic (exact) mass is 343 g/mol. The van der Waals surface area contributed by atoms with Gasteiger partial charge in [0.15, 0.2) is 4.34 Å². The van der Waals surface area contributed by atoms with E-state index in [0.717, 1.165) is 14.6 Å². The van der Waals surface area contributed by atoms with Crippen LogP contribution in [0.25, 0.3) is 0 Å². The highest BCUT2D eigenvalue weighted by molar-refractivity contribution is 9.10. The second-order valence-corrected chi connectivity index (χ2v) is 7.11. The van der Waals surface area contributed by atoms with Crippen molar-refractivity contribution in [3.63, 3.8) is 0 Å². The molecule has 0 amide bonds. The molecule has 0 aliphatic rings. The minimum absolute atomic E-state index is 0.0559. The minimum atomic E-state index is 0.0559. The topological polar surface area (TPSA) is 51.8 Å². The first-order chi connectivity index (χ1) is 8.56. The van der Waals surface area contributed by atoms with Gasteiger partial charge >= 0.3 is 0 Å². The van der Waals surface area contributed by atoms with E-state index in [1.807, 2.05) is 26.0 Å². The number of aromatic nitrogens is 2. The van der Waals surface area contributed by atoms with E-state index in [4.69, 9.17) is 5.73 Å². The van der Waals surface area contributed by atoms with Gasteiger partial charge in [-0.2, -0.15) is 4.37 Å². The SMILES string of the molecule is Cc1nsc(SC(c2ccc(Br)cc2)C(C)N)n1. The van der Waals surface area contributed by atoms with Crippen molar-refractivity contribution in [2.75, 3.05) is 0 Å². The molecule has 1 aromatic carbocycles. The van der Waals surface area contributed by atoms with Gasteiger partial charge in [0, 0.05) is 10.5 Å². The van der Waals surface area contributed by atoms with Crippen LogP contribution in [0, 0.1) is 6.92 Å². The van der Waals surface area contributed by atoms with E-state index >= 15 is 0 Å². The molecule has 18 heavy (non-hydrogen) atoms. The fourth-order valence-corrected chi connectivity index (χ4v) is 3.76. The Labute approximate surface area is 123 Å². The smallest absolute Gasteiger partial charge is 0.170 e. The average Bonchev–Trinajstić information content (AvgIpc) is 2.73. The third kappa shape index (κ3) is 3.54. The Morgan fingerprint density at radius 2 is 2.00 bits per heavy atom. The summed E-state index contributed by atoms with van der Waals surface area (Å²) in [5, 5.41) is 0.199. The van der Waals surface area contributed by atoms with Crippen LogP contribution in [0.4, 0.5) is 0 Å². The van der Waals surface area contributed by atoms with Gasteiger partial charge in [-0.3, -0.25) is 0 Å². The number of benzene rings is 1. The predicted molar refractivity (Wildman–Crippen MR) is 81.0 cm³/mol. The maximum atomic E-state index is 6.09. The van der Waals surface area contributed by atoms with E-state index < -0.39 is 0 Å². The number of aryl methyl sites for hydroxylation is 1. The van der Waals surface area contributed by atoms with Crippen LogP contribution in [0.5, 0.6) is 0 Å². The van der Waals surface area contributed by atoms with Crippen LogP contribution >= 0.6 is 39.2 Å². The lowest BCUT2D eigenvalue weighted by molar-refractivity contribution is 0.721. The van der Waals surface area contributed by atoms with E-state index in [1.54, 1.807) is 11.8 Å². The minimum Gasteiger partial charge on any atom is -0.327 e. The number of hydrogen-bond acceptors (Lipinski definition) is 5. The third-order valence-electron chi connectivity index (χ3n) is 2.41. The Hall–Kier alpha value is -0.430. The molecule has 2 aromatic rings. The molecule has 0 aliphatic carbocycles. The van der Waals surface area contributed by atoms with Crippen LogP contribution in [-0.4, -0.2) is 15.4 Å². The zero-order valence-electron chi connectivity index (χ0n) is 10.1. The maximum absolute atomic E-state index is 6.09. The summed E-state index contributed by atoms with van der Waals surface area (Å²) in [7, 11) is 0. The standard InChI is InChI=1S/C12H14BrN3S2/c1-7(14)11(9-3-5-10(13)6-4-9)17-12-15-8(2)16-18-12/h3-7,11H,14H2,1-2H3. The molecule has 0 fully saturated rings. The Bertz CT molecular complexity index is 510. The van der Waals surface area contributed by atoms with Crippen LogP contribution in [-0.2, 0) is 0 Å². The molecule has 2 rings (SSSR count). The fourth-order valence-electron chi connectivity index (χ4n) is 1.57. The second-order valence-electron chi connectivity index (χ2n) is 4.06. The number of rotatable bonds is 4. The molecule has 6 heteroatoms.